The summed E-state index contributed by atoms with van der Waals surface area (Å²) >= 11 is 6.62. The molecule has 2 aromatic carbocycles. The number of hydrogen-bond acceptors (Lipinski definition) is 5. The smallest absolute Gasteiger partial charge is 0.311 e. The number of carboxylic acid groups (broad SMARTS) is 1. The summed E-state index contributed by atoms with van der Waals surface area (Å²) < 4.78 is 32.8. The predicted molar refractivity (Wildman–Crippen MR) is 134 cm³/mol. The van der Waals surface area contributed by atoms with Crippen molar-refractivity contribution in [2.75, 3.05) is 33.4 Å². The second-order valence-corrected chi connectivity index (χ2v) is 9.39. The average Bonchev–Trinajstić information content (AvgIpc) is 3.30. The minimum atomic E-state index is -1.22. The molecule has 0 saturated carbocycles. The Morgan fingerprint density at radius 2 is 2.11 bits per heavy atom. The number of benzene rings is 2. The first kappa shape index (κ1) is 26.0. The lowest BCUT2D eigenvalue weighted by Gasteiger charge is -2.35. The zero-order valence-corrected chi connectivity index (χ0v) is 20.5. The molecule has 0 radical (unpaired) electrons. The third kappa shape index (κ3) is 5.07. The van der Waals surface area contributed by atoms with Crippen LogP contribution in [0.3, 0.4) is 0 Å². The molecule has 1 aliphatic rings. The molecule has 0 amide bonds. The third-order valence-corrected chi connectivity index (χ3v) is 7.23. The molecule has 2 atom stereocenters. The summed E-state index contributed by atoms with van der Waals surface area (Å²) in [4.78, 5) is 19.1. The number of carbonyl (C=O) groups is 1. The normalized spacial score (nSPS) is 19.2. The summed E-state index contributed by atoms with van der Waals surface area (Å²) in [6, 6.07) is 8.57. The Hall–Kier alpha value is -3.07. The molecular formula is C27H27ClF2N2O4. The van der Waals surface area contributed by atoms with Gasteiger partial charge < -0.3 is 14.9 Å². The second kappa shape index (κ2) is 10.9. The maximum absolute atomic E-state index is 13.9. The topological polar surface area (TPSA) is 82.9 Å². The fourth-order valence-electron chi connectivity index (χ4n) is 5.12. The summed E-state index contributed by atoms with van der Waals surface area (Å²) in [6.45, 7) is 0.819. The lowest BCUT2D eigenvalue weighted by molar-refractivity contribution is -0.150. The van der Waals surface area contributed by atoms with Crippen molar-refractivity contribution in [3.63, 3.8) is 0 Å². The van der Waals surface area contributed by atoms with Crippen LogP contribution in [-0.4, -0.2) is 59.4 Å². The second-order valence-electron chi connectivity index (χ2n) is 8.98. The summed E-state index contributed by atoms with van der Waals surface area (Å²) in [6.07, 6.45) is 5.22. The van der Waals surface area contributed by atoms with Crippen LogP contribution in [0.25, 0.3) is 17.0 Å². The van der Waals surface area contributed by atoms with Gasteiger partial charge in [-0.05, 0) is 61.3 Å². The molecule has 190 valence electrons. The summed E-state index contributed by atoms with van der Waals surface area (Å²) in [5.41, 5.74) is 0.174. The van der Waals surface area contributed by atoms with E-state index in [1.165, 1.54) is 12.3 Å². The zero-order chi connectivity index (χ0) is 25.9. The molecule has 3 aromatic rings. The van der Waals surface area contributed by atoms with Crippen molar-refractivity contribution in [1.29, 1.82) is 0 Å². The fourth-order valence-corrected chi connectivity index (χ4v) is 5.41. The number of likely N-dealkylation sites (tertiary alicyclic amines) is 1. The van der Waals surface area contributed by atoms with E-state index in [1.807, 2.05) is 4.90 Å². The van der Waals surface area contributed by atoms with Crippen LogP contribution in [0.2, 0.25) is 5.02 Å². The number of methoxy groups -OCH3 is 1. The number of hydrogen-bond donors (Lipinski definition) is 2. The lowest BCUT2D eigenvalue weighted by atomic mass is 9.69. The standard InChI is InChI=1S/C27H27ClF2N2O4/c1-36-19-5-7-24-20(14-19)25(22(28)15-31-24)21(8-12-33)27(26(34)35)9-11-32(16-27)10-2-3-17-13-18(29)4-6-23(17)30/h2-7,13-15,21,33H,8-12,16H2,1H3,(H,34,35). The number of fused-ring (bicyclic) bond motifs is 1. The van der Waals surface area contributed by atoms with Gasteiger partial charge in [-0.15, -0.1) is 0 Å². The van der Waals surface area contributed by atoms with Crippen LogP contribution < -0.4 is 4.74 Å². The van der Waals surface area contributed by atoms with Gasteiger partial charge in [-0.1, -0.05) is 23.8 Å². The highest BCUT2D eigenvalue weighted by molar-refractivity contribution is 6.32. The summed E-state index contributed by atoms with van der Waals surface area (Å²) in [5, 5.41) is 21.4. The van der Waals surface area contributed by atoms with Gasteiger partial charge in [-0.25, -0.2) is 8.78 Å². The van der Waals surface area contributed by atoms with Gasteiger partial charge in [0, 0.05) is 42.8 Å². The first-order valence-electron chi connectivity index (χ1n) is 11.6. The molecule has 2 heterocycles. The van der Waals surface area contributed by atoms with Gasteiger partial charge in [0.15, 0.2) is 0 Å². The molecule has 0 spiro atoms. The molecule has 2 N–H and O–H groups in total. The van der Waals surface area contributed by atoms with Gasteiger partial charge in [-0.2, -0.15) is 0 Å². The lowest BCUT2D eigenvalue weighted by Crippen LogP contribution is -2.41. The fraction of sp³-hybridized carbons (Fsp3) is 0.333. The highest BCUT2D eigenvalue weighted by atomic mass is 35.5. The molecule has 1 aromatic heterocycles. The van der Waals surface area contributed by atoms with E-state index in [0.717, 1.165) is 18.2 Å². The van der Waals surface area contributed by atoms with Gasteiger partial charge in [0.05, 0.1) is 23.1 Å². The van der Waals surface area contributed by atoms with E-state index in [0.29, 0.717) is 46.7 Å². The van der Waals surface area contributed by atoms with E-state index < -0.39 is 28.9 Å². The Morgan fingerprint density at radius 1 is 1.31 bits per heavy atom. The van der Waals surface area contributed by atoms with Crippen LogP contribution in [0.5, 0.6) is 5.75 Å². The largest absolute Gasteiger partial charge is 0.497 e. The van der Waals surface area contributed by atoms with Crippen molar-refractivity contribution in [2.45, 2.75) is 18.8 Å². The third-order valence-electron chi connectivity index (χ3n) is 6.93. The Morgan fingerprint density at radius 3 is 2.83 bits per heavy atom. The van der Waals surface area contributed by atoms with E-state index in [2.05, 4.69) is 4.98 Å². The molecule has 1 fully saturated rings. The van der Waals surface area contributed by atoms with E-state index in [1.54, 1.807) is 31.4 Å². The first-order chi connectivity index (χ1) is 17.3. The van der Waals surface area contributed by atoms with Gasteiger partial charge in [0.25, 0.3) is 0 Å². The Kier molecular flexibility index (Phi) is 7.88. The number of ether oxygens (including phenoxy) is 1. The van der Waals surface area contributed by atoms with Gasteiger partial charge in [0.1, 0.15) is 17.4 Å². The number of rotatable bonds is 9. The van der Waals surface area contributed by atoms with Gasteiger partial charge in [-0.3, -0.25) is 14.7 Å². The van der Waals surface area contributed by atoms with E-state index in [4.69, 9.17) is 16.3 Å². The van der Waals surface area contributed by atoms with E-state index in [9.17, 15) is 23.8 Å². The van der Waals surface area contributed by atoms with Crippen LogP contribution in [0.15, 0.2) is 48.7 Å². The number of nitrogens with zero attached hydrogens (tertiary/aromatic N) is 2. The van der Waals surface area contributed by atoms with Crippen molar-refractivity contribution in [1.82, 2.24) is 9.88 Å². The number of pyridine rings is 1. The van der Waals surface area contributed by atoms with Crippen LogP contribution in [0, 0.1) is 17.0 Å². The molecule has 0 aliphatic carbocycles. The quantitative estimate of drug-likeness (QED) is 0.410. The van der Waals surface area contributed by atoms with Gasteiger partial charge >= 0.3 is 5.97 Å². The maximum atomic E-state index is 13.9. The van der Waals surface area contributed by atoms with Crippen LogP contribution in [0.4, 0.5) is 8.78 Å². The van der Waals surface area contributed by atoms with E-state index in [-0.39, 0.29) is 25.1 Å². The molecule has 4 rings (SSSR count). The summed E-state index contributed by atoms with van der Waals surface area (Å²) in [5.74, 6) is -2.06. The molecule has 1 aliphatic heterocycles. The van der Waals surface area contributed by atoms with Crippen molar-refractivity contribution in [2.24, 2.45) is 5.41 Å². The molecule has 9 heteroatoms. The summed E-state index contributed by atoms with van der Waals surface area (Å²) in [7, 11) is 1.54. The zero-order valence-electron chi connectivity index (χ0n) is 19.8. The molecule has 36 heavy (non-hydrogen) atoms. The predicted octanol–water partition coefficient (Wildman–Crippen LogP) is 5.13. The Balaban J connectivity index is 1.67. The number of carboxylic acids is 1. The average molecular weight is 517 g/mol. The van der Waals surface area contributed by atoms with Crippen molar-refractivity contribution in [3.8, 4) is 5.75 Å². The first-order valence-corrected chi connectivity index (χ1v) is 12.0. The molecule has 2 unspecified atom stereocenters. The maximum Gasteiger partial charge on any atom is 0.311 e. The van der Waals surface area contributed by atoms with Crippen LogP contribution >= 0.6 is 11.6 Å². The number of aliphatic hydroxyl groups excluding tert-OH is 1. The number of aromatic nitrogens is 1. The number of aliphatic hydroxyl groups is 1. The number of halogens is 3. The van der Waals surface area contributed by atoms with Crippen molar-refractivity contribution in [3.05, 3.63) is 76.5 Å². The minimum absolute atomic E-state index is 0.126. The highest BCUT2D eigenvalue weighted by Crippen LogP contribution is 2.49. The Bertz CT molecular complexity index is 1300. The molecule has 6 nitrogen and oxygen atoms in total. The SMILES string of the molecule is COc1ccc2ncc(Cl)c(C(CCO)C3(C(=O)O)CCN(CC=Cc4cc(F)ccc4F)C3)c2c1. The Labute approximate surface area is 212 Å². The molecule has 1 saturated heterocycles. The van der Waals surface area contributed by atoms with Crippen LogP contribution in [0.1, 0.15) is 29.9 Å². The van der Waals surface area contributed by atoms with Crippen molar-refractivity contribution >= 4 is 34.5 Å². The molecule has 0 bridgehead atoms. The van der Waals surface area contributed by atoms with Gasteiger partial charge in [0.2, 0.25) is 0 Å². The van der Waals surface area contributed by atoms with Crippen molar-refractivity contribution < 1.29 is 28.5 Å². The minimum Gasteiger partial charge on any atom is -0.497 e. The van der Waals surface area contributed by atoms with E-state index >= 15 is 0 Å². The number of aliphatic carboxylic acids is 1. The van der Waals surface area contributed by atoms with Crippen LogP contribution in [-0.2, 0) is 4.79 Å². The monoisotopic (exact) mass is 516 g/mol. The molecular weight excluding hydrogens is 490 g/mol. The highest BCUT2D eigenvalue weighted by Gasteiger charge is 2.51.